The molecule has 26 heavy (non-hydrogen) atoms. The zero-order chi connectivity index (χ0) is 18.3. The number of benzene rings is 1. The first-order chi connectivity index (χ1) is 12.6. The normalized spacial score (nSPS) is 17.7. The van der Waals surface area contributed by atoms with Gasteiger partial charge in [0.15, 0.2) is 0 Å². The molecule has 0 saturated carbocycles. The molecule has 8 nitrogen and oxygen atoms in total. The van der Waals surface area contributed by atoms with E-state index in [1.165, 1.54) is 28.3 Å². The molecule has 8 heteroatoms. The van der Waals surface area contributed by atoms with E-state index in [2.05, 4.69) is 39.0 Å². The molecule has 1 aliphatic heterocycles. The van der Waals surface area contributed by atoms with Crippen molar-refractivity contribution in [2.75, 3.05) is 24.5 Å². The second-order valence-corrected chi connectivity index (χ2v) is 6.58. The van der Waals surface area contributed by atoms with Crippen LogP contribution in [0.2, 0.25) is 0 Å². The quantitative estimate of drug-likeness (QED) is 0.746. The van der Waals surface area contributed by atoms with E-state index in [1.807, 2.05) is 19.1 Å². The summed E-state index contributed by atoms with van der Waals surface area (Å²) in [5.41, 5.74) is 2.03. The fourth-order valence-corrected chi connectivity index (χ4v) is 3.50. The topological polar surface area (TPSA) is 86.6 Å². The molecule has 3 aromatic rings. The summed E-state index contributed by atoms with van der Waals surface area (Å²) < 4.78 is 1.18. The number of nitrogens with one attached hydrogen (secondary N) is 1. The number of anilines is 1. The van der Waals surface area contributed by atoms with Gasteiger partial charge in [-0.15, -0.1) is 0 Å². The molecule has 1 amide bonds. The highest BCUT2D eigenvalue weighted by molar-refractivity contribution is 5.94. The lowest BCUT2D eigenvalue weighted by molar-refractivity contribution is 0.0671. The number of hydrogen-bond donors (Lipinski definition) is 1. The second-order valence-electron chi connectivity index (χ2n) is 6.58. The molecular formula is C18H20N6O2. The van der Waals surface area contributed by atoms with Gasteiger partial charge in [-0.2, -0.15) is 4.52 Å². The number of rotatable bonds is 2. The maximum absolute atomic E-state index is 12.9. The Labute approximate surface area is 150 Å². The van der Waals surface area contributed by atoms with Crippen molar-refractivity contribution in [2.45, 2.75) is 19.9 Å². The number of carbonyl (C=O) groups is 1. The highest BCUT2D eigenvalue weighted by atomic mass is 16.2. The Morgan fingerprint density at radius 2 is 2.04 bits per heavy atom. The monoisotopic (exact) mass is 352 g/mol. The van der Waals surface area contributed by atoms with Gasteiger partial charge < -0.3 is 9.80 Å². The highest BCUT2D eigenvalue weighted by Crippen LogP contribution is 2.23. The van der Waals surface area contributed by atoms with E-state index in [1.54, 1.807) is 4.90 Å². The van der Waals surface area contributed by atoms with Gasteiger partial charge in [-0.05, 0) is 25.5 Å². The van der Waals surface area contributed by atoms with Crippen molar-refractivity contribution >= 4 is 17.4 Å². The first-order valence-corrected chi connectivity index (χ1v) is 8.59. The van der Waals surface area contributed by atoms with Gasteiger partial charge in [0.25, 0.3) is 17.2 Å². The number of fused-ring (bicyclic) bond motifs is 1. The first-order valence-electron chi connectivity index (χ1n) is 8.59. The first kappa shape index (κ1) is 16.3. The van der Waals surface area contributed by atoms with Crippen molar-refractivity contribution in [1.82, 2.24) is 24.5 Å². The molecule has 0 bridgehead atoms. The lowest BCUT2D eigenvalue weighted by Crippen LogP contribution is -2.55. The maximum atomic E-state index is 12.9. The van der Waals surface area contributed by atoms with E-state index in [4.69, 9.17) is 0 Å². The molecule has 134 valence electrons. The summed E-state index contributed by atoms with van der Waals surface area (Å²) in [6, 6.07) is 8.22. The number of aryl methyl sites for hydroxylation is 1. The molecule has 0 aliphatic carbocycles. The van der Waals surface area contributed by atoms with Gasteiger partial charge in [0.1, 0.15) is 11.9 Å². The van der Waals surface area contributed by atoms with Crippen LogP contribution in [0.1, 0.15) is 22.8 Å². The van der Waals surface area contributed by atoms with Crippen LogP contribution >= 0.6 is 0 Å². The second kappa shape index (κ2) is 6.29. The third kappa shape index (κ3) is 2.63. The third-order valence-electron chi connectivity index (χ3n) is 4.88. The van der Waals surface area contributed by atoms with Crippen LogP contribution in [0.3, 0.4) is 0 Å². The molecule has 1 aromatic carbocycles. The average molecular weight is 352 g/mol. The molecule has 0 radical (unpaired) electrons. The molecular weight excluding hydrogens is 332 g/mol. The average Bonchev–Trinajstić information content (AvgIpc) is 3.11. The van der Waals surface area contributed by atoms with Crippen LogP contribution < -0.4 is 10.5 Å². The van der Waals surface area contributed by atoms with Crippen LogP contribution in [0.25, 0.3) is 5.78 Å². The molecule has 3 heterocycles. The number of carbonyl (C=O) groups excluding carboxylic acids is 1. The van der Waals surface area contributed by atoms with Gasteiger partial charge >= 0.3 is 0 Å². The van der Waals surface area contributed by atoms with Crippen molar-refractivity contribution < 1.29 is 4.79 Å². The van der Waals surface area contributed by atoms with E-state index < -0.39 is 5.56 Å². The Balaban J connectivity index is 1.57. The fraction of sp³-hybridized carbons (Fsp3) is 0.333. The van der Waals surface area contributed by atoms with Crippen LogP contribution in [-0.2, 0) is 0 Å². The Kier molecular flexibility index (Phi) is 3.95. The van der Waals surface area contributed by atoms with Crippen LogP contribution in [0.4, 0.5) is 5.69 Å². The van der Waals surface area contributed by atoms with Crippen molar-refractivity contribution in [3.63, 3.8) is 0 Å². The summed E-state index contributed by atoms with van der Waals surface area (Å²) in [4.78, 5) is 37.5. The molecule has 1 saturated heterocycles. The van der Waals surface area contributed by atoms with Crippen LogP contribution in [0, 0.1) is 6.92 Å². The molecule has 1 unspecified atom stereocenters. The molecule has 1 aliphatic rings. The lowest BCUT2D eigenvalue weighted by atomic mass is 10.1. The minimum absolute atomic E-state index is 0.0160. The summed E-state index contributed by atoms with van der Waals surface area (Å²) in [5.74, 6) is -0.0348. The number of H-pyrrole nitrogens is 1. The van der Waals surface area contributed by atoms with Crippen LogP contribution in [0.15, 0.2) is 41.6 Å². The van der Waals surface area contributed by atoms with Gasteiger partial charge in [0, 0.05) is 37.6 Å². The predicted molar refractivity (Wildman–Crippen MR) is 97.5 cm³/mol. The molecule has 1 fully saturated rings. The van der Waals surface area contributed by atoms with E-state index in [0.29, 0.717) is 6.54 Å². The Hall–Kier alpha value is -3.16. The largest absolute Gasteiger partial charge is 0.367 e. The Morgan fingerprint density at radius 3 is 2.81 bits per heavy atom. The third-order valence-corrected chi connectivity index (χ3v) is 4.88. The van der Waals surface area contributed by atoms with Crippen LogP contribution in [0.5, 0.6) is 0 Å². The summed E-state index contributed by atoms with van der Waals surface area (Å²) in [6.07, 6.45) is 2.70. The molecule has 4 rings (SSSR count). The van der Waals surface area contributed by atoms with Crippen molar-refractivity contribution in [1.29, 1.82) is 0 Å². The molecule has 1 atom stereocenters. The number of nitrogens with zero attached hydrogens (tertiary/aromatic N) is 5. The Morgan fingerprint density at radius 1 is 1.23 bits per heavy atom. The van der Waals surface area contributed by atoms with Crippen molar-refractivity contribution in [3.05, 3.63) is 58.3 Å². The maximum Gasteiger partial charge on any atom is 0.286 e. The smallest absolute Gasteiger partial charge is 0.286 e. The van der Waals surface area contributed by atoms with E-state index >= 15 is 0 Å². The summed E-state index contributed by atoms with van der Waals surface area (Å²) in [5, 5.41) is 2.68. The highest BCUT2D eigenvalue weighted by Gasteiger charge is 2.30. The van der Waals surface area contributed by atoms with Gasteiger partial charge in [-0.1, -0.05) is 18.2 Å². The SMILES string of the molecule is Cc1ccccc1N1CCN(C(=O)c2cnc3nc[nH]n3c2=O)C(C)C1. The fourth-order valence-electron chi connectivity index (χ4n) is 3.50. The van der Waals surface area contributed by atoms with Crippen molar-refractivity contribution in [3.8, 4) is 0 Å². The zero-order valence-corrected chi connectivity index (χ0v) is 14.7. The summed E-state index contributed by atoms with van der Waals surface area (Å²) >= 11 is 0. The molecule has 2 aromatic heterocycles. The summed E-state index contributed by atoms with van der Waals surface area (Å²) in [7, 11) is 0. The molecule has 0 spiro atoms. The number of aromatic amines is 1. The van der Waals surface area contributed by atoms with E-state index in [9.17, 15) is 9.59 Å². The standard InChI is InChI=1S/C18H20N6O2/c1-12-5-3-4-6-15(12)22-7-8-23(13(2)10-22)16(25)14-9-19-18-20-11-21-24(18)17(14)26/h3-6,9,11,13H,7-8,10H2,1-2H3,(H,19,20,21). The van der Waals surface area contributed by atoms with E-state index in [0.717, 1.165) is 13.1 Å². The lowest BCUT2D eigenvalue weighted by Gasteiger charge is -2.41. The predicted octanol–water partition coefficient (Wildman–Crippen LogP) is 1.08. The minimum atomic E-state index is -0.425. The number of aromatic nitrogens is 4. The minimum Gasteiger partial charge on any atom is -0.367 e. The van der Waals surface area contributed by atoms with Gasteiger partial charge in [0.05, 0.1) is 0 Å². The van der Waals surface area contributed by atoms with Gasteiger partial charge in [-0.3, -0.25) is 14.7 Å². The number of piperazine rings is 1. The van der Waals surface area contributed by atoms with Crippen molar-refractivity contribution in [2.24, 2.45) is 0 Å². The zero-order valence-electron chi connectivity index (χ0n) is 14.7. The van der Waals surface area contributed by atoms with Gasteiger partial charge in [-0.25, -0.2) is 9.97 Å². The summed E-state index contributed by atoms with van der Waals surface area (Å²) in [6.45, 7) is 6.09. The van der Waals surface area contributed by atoms with Gasteiger partial charge in [0.2, 0.25) is 0 Å². The molecule has 1 N–H and O–H groups in total. The van der Waals surface area contributed by atoms with E-state index in [-0.39, 0.29) is 23.3 Å². The number of amides is 1. The van der Waals surface area contributed by atoms with Crippen LogP contribution in [-0.4, -0.2) is 56.1 Å². The number of para-hydroxylation sites is 1. The number of hydrogen-bond acceptors (Lipinski definition) is 5. The Bertz CT molecular complexity index is 1020.